The molecule has 3 saturated carbocycles. The van der Waals surface area contributed by atoms with E-state index in [2.05, 4.69) is 0 Å². The van der Waals surface area contributed by atoms with Gasteiger partial charge in [-0.05, 0) is 37.5 Å². The summed E-state index contributed by atoms with van der Waals surface area (Å²) in [5, 5.41) is 0. The summed E-state index contributed by atoms with van der Waals surface area (Å²) in [4.78, 5) is 0. The molecule has 3 rings (SSSR count). The standard InChI is InChI=1S/C8H16N2/c9-7-5-1-2-6(4-3-5)8(7)10/h5-8H,1-4,9-10H2/t5?,6?,7-,8-/m1/s1. The van der Waals surface area contributed by atoms with Gasteiger partial charge in [0.15, 0.2) is 0 Å². The lowest BCUT2D eigenvalue weighted by Gasteiger charge is -2.45. The fourth-order valence-electron chi connectivity index (χ4n) is 2.54. The van der Waals surface area contributed by atoms with Gasteiger partial charge in [0.05, 0.1) is 0 Å². The van der Waals surface area contributed by atoms with Crippen molar-refractivity contribution in [1.82, 2.24) is 0 Å². The Kier molecular flexibility index (Phi) is 1.46. The third-order valence-electron chi connectivity index (χ3n) is 3.35. The molecule has 0 aromatic carbocycles. The highest BCUT2D eigenvalue weighted by molar-refractivity contribution is 4.97. The molecule has 0 aromatic heterocycles. The van der Waals surface area contributed by atoms with Crippen LogP contribution >= 0.6 is 0 Å². The highest BCUT2D eigenvalue weighted by atomic mass is 14.8. The van der Waals surface area contributed by atoms with Gasteiger partial charge in [-0.3, -0.25) is 0 Å². The van der Waals surface area contributed by atoms with Crippen molar-refractivity contribution in [3.05, 3.63) is 0 Å². The van der Waals surface area contributed by atoms with Gasteiger partial charge in [0.2, 0.25) is 0 Å². The van der Waals surface area contributed by atoms with Gasteiger partial charge in [-0.15, -0.1) is 0 Å². The minimum absolute atomic E-state index is 0.312. The molecule has 2 atom stereocenters. The first-order chi connectivity index (χ1) is 4.79. The minimum atomic E-state index is 0.312. The van der Waals surface area contributed by atoms with Crippen molar-refractivity contribution in [2.24, 2.45) is 23.3 Å². The Morgan fingerprint density at radius 1 is 0.700 bits per heavy atom. The van der Waals surface area contributed by atoms with Crippen LogP contribution in [0.25, 0.3) is 0 Å². The Bertz CT molecular complexity index is 107. The van der Waals surface area contributed by atoms with Crippen LogP contribution in [0.15, 0.2) is 0 Å². The first kappa shape index (κ1) is 6.62. The fraction of sp³-hybridized carbons (Fsp3) is 1.00. The Morgan fingerprint density at radius 3 is 1.20 bits per heavy atom. The second-order valence-corrected chi connectivity index (χ2v) is 3.83. The van der Waals surface area contributed by atoms with E-state index in [0.717, 1.165) is 11.8 Å². The Labute approximate surface area is 62.0 Å². The van der Waals surface area contributed by atoms with Gasteiger partial charge in [0.25, 0.3) is 0 Å². The lowest BCUT2D eigenvalue weighted by Crippen LogP contribution is -2.57. The molecule has 2 bridgehead atoms. The molecule has 58 valence electrons. The average molecular weight is 140 g/mol. The van der Waals surface area contributed by atoms with E-state index in [-0.39, 0.29) is 0 Å². The third kappa shape index (κ3) is 0.789. The van der Waals surface area contributed by atoms with Crippen molar-refractivity contribution >= 4 is 0 Å². The molecule has 3 fully saturated rings. The molecule has 2 nitrogen and oxygen atoms in total. The van der Waals surface area contributed by atoms with Crippen LogP contribution in [-0.2, 0) is 0 Å². The van der Waals surface area contributed by atoms with Crippen LogP contribution < -0.4 is 11.5 Å². The van der Waals surface area contributed by atoms with Crippen molar-refractivity contribution in [3.8, 4) is 0 Å². The van der Waals surface area contributed by atoms with E-state index in [9.17, 15) is 0 Å². The van der Waals surface area contributed by atoms with E-state index in [1.54, 1.807) is 0 Å². The van der Waals surface area contributed by atoms with Gasteiger partial charge in [-0.1, -0.05) is 0 Å². The molecule has 2 heteroatoms. The Morgan fingerprint density at radius 2 is 1.00 bits per heavy atom. The topological polar surface area (TPSA) is 52.0 Å². The molecule has 3 aliphatic carbocycles. The molecular weight excluding hydrogens is 124 g/mol. The number of fused-ring (bicyclic) bond motifs is 3. The number of hydrogen-bond donors (Lipinski definition) is 2. The molecule has 0 saturated heterocycles. The second kappa shape index (κ2) is 2.21. The monoisotopic (exact) mass is 140 g/mol. The number of nitrogens with two attached hydrogens (primary N) is 2. The van der Waals surface area contributed by atoms with Crippen molar-refractivity contribution in [1.29, 1.82) is 0 Å². The molecule has 0 spiro atoms. The summed E-state index contributed by atoms with van der Waals surface area (Å²) in [7, 11) is 0. The quantitative estimate of drug-likeness (QED) is 0.513. The van der Waals surface area contributed by atoms with E-state index in [0.29, 0.717) is 12.1 Å². The molecule has 0 heterocycles. The summed E-state index contributed by atoms with van der Waals surface area (Å²) in [6.07, 6.45) is 5.33. The second-order valence-electron chi connectivity index (χ2n) is 3.83. The van der Waals surface area contributed by atoms with Crippen LogP contribution in [0.2, 0.25) is 0 Å². The van der Waals surface area contributed by atoms with Gasteiger partial charge >= 0.3 is 0 Å². The molecule has 0 aliphatic heterocycles. The van der Waals surface area contributed by atoms with Gasteiger partial charge in [-0.2, -0.15) is 0 Å². The fourth-order valence-corrected chi connectivity index (χ4v) is 2.54. The summed E-state index contributed by atoms with van der Waals surface area (Å²) in [5.74, 6) is 1.50. The van der Waals surface area contributed by atoms with Crippen LogP contribution in [0.1, 0.15) is 25.7 Å². The average Bonchev–Trinajstić information content (AvgIpc) is 2.00. The first-order valence-electron chi connectivity index (χ1n) is 4.30. The largest absolute Gasteiger partial charge is 0.326 e. The van der Waals surface area contributed by atoms with E-state index >= 15 is 0 Å². The minimum Gasteiger partial charge on any atom is -0.326 e. The Hall–Kier alpha value is -0.0800. The van der Waals surface area contributed by atoms with E-state index < -0.39 is 0 Å². The molecular formula is C8H16N2. The molecule has 0 amide bonds. The molecule has 3 aliphatic rings. The molecule has 0 aromatic rings. The SMILES string of the molecule is N[C@@H]1C2CCC(CC2)[C@H]1N. The van der Waals surface area contributed by atoms with Crippen molar-refractivity contribution in [2.75, 3.05) is 0 Å². The lowest BCUT2D eigenvalue weighted by molar-refractivity contribution is 0.119. The predicted molar refractivity (Wildman–Crippen MR) is 41.4 cm³/mol. The van der Waals surface area contributed by atoms with Crippen LogP contribution in [0.3, 0.4) is 0 Å². The summed E-state index contributed by atoms with van der Waals surface area (Å²) < 4.78 is 0. The zero-order valence-corrected chi connectivity index (χ0v) is 6.29. The molecule has 4 N–H and O–H groups in total. The van der Waals surface area contributed by atoms with E-state index in [1.165, 1.54) is 25.7 Å². The normalized spacial score (nSPS) is 53.4. The zero-order chi connectivity index (χ0) is 7.14. The summed E-state index contributed by atoms with van der Waals surface area (Å²) >= 11 is 0. The molecule has 0 radical (unpaired) electrons. The summed E-state index contributed by atoms with van der Waals surface area (Å²) in [6.45, 7) is 0. The van der Waals surface area contributed by atoms with Crippen molar-refractivity contribution in [2.45, 2.75) is 37.8 Å². The first-order valence-corrected chi connectivity index (χ1v) is 4.30. The van der Waals surface area contributed by atoms with Gasteiger partial charge in [-0.25, -0.2) is 0 Å². The number of rotatable bonds is 0. The maximum atomic E-state index is 5.94. The van der Waals surface area contributed by atoms with Gasteiger partial charge in [0, 0.05) is 12.1 Å². The van der Waals surface area contributed by atoms with Crippen molar-refractivity contribution < 1.29 is 0 Å². The maximum absolute atomic E-state index is 5.94. The lowest BCUT2D eigenvalue weighted by atomic mass is 9.65. The van der Waals surface area contributed by atoms with Gasteiger partial charge < -0.3 is 11.5 Å². The van der Waals surface area contributed by atoms with Crippen molar-refractivity contribution in [3.63, 3.8) is 0 Å². The zero-order valence-electron chi connectivity index (χ0n) is 6.29. The molecule has 10 heavy (non-hydrogen) atoms. The molecule has 0 unspecified atom stereocenters. The van der Waals surface area contributed by atoms with Crippen LogP contribution in [0.5, 0.6) is 0 Å². The number of hydrogen-bond acceptors (Lipinski definition) is 2. The van der Waals surface area contributed by atoms with E-state index in [1.807, 2.05) is 0 Å². The third-order valence-corrected chi connectivity index (χ3v) is 3.35. The summed E-state index contributed by atoms with van der Waals surface area (Å²) in [6, 6.07) is 0.625. The maximum Gasteiger partial charge on any atom is 0.0223 e. The van der Waals surface area contributed by atoms with Gasteiger partial charge in [0.1, 0.15) is 0 Å². The van der Waals surface area contributed by atoms with Crippen LogP contribution in [0.4, 0.5) is 0 Å². The highest BCUT2D eigenvalue weighted by Gasteiger charge is 2.39. The Balaban J connectivity index is 2.13. The van der Waals surface area contributed by atoms with Crippen LogP contribution in [0, 0.1) is 11.8 Å². The smallest absolute Gasteiger partial charge is 0.0223 e. The highest BCUT2D eigenvalue weighted by Crippen LogP contribution is 2.39. The summed E-state index contributed by atoms with van der Waals surface area (Å²) in [5.41, 5.74) is 11.9. The predicted octanol–water partition coefficient (Wildman–Crippen LogP) is 0.461. The van der Waals surface area contributed by atoms with E-state index in [4.69, 9.17) is 11.5 Å². The van der Waals surface area contributed by atoms with Crippen LogP contribution in [-0.4, -0.2) is 12.1 Å².